The molecule has 1 aromatic heterocycles. The first kappa shape index (κ1) is 14.0. The fraction of sp³-hybridized carbons (Fsp3) is 0.200. The summed E-state index contributed by atoms with van der Waals surface area (Å²) in [7, 11) is 0. The third-order valence-corrected chi connectivity index (χ3v) is 2.72. The highest BCUT2D eigenvalue weighted by Gasteiger charge is 2.01. The van der Waals surface area contributed by atoms with Gasteiger partial charge >= 0.3 is 0 Å². The number of carbonyl (C=O) groups excluding carboxylic acids is 1. The fourth-order valence-corrected chi connectivity index (χ4v) is 1.67. The van der Waals surface area contributed by atoms with E-state index >= 15 is 0 Å². The van der Waals surface area contributed by atoms with Crippen LogP contribution in [0.3, 0.4) is 0 Å². The molecule has 3 N–H and O–H groups in total. The Labute approximate surface area is 117 Å². The number of pyridine rings is 1. The highest BCUT2D eigenvalue weighted by molar-refractivity contribution is 5.92. The molecule has 1 heterocycles. The molecule has 0 spiro atoms. The number of carbonyl (C=O) groups is 1. The number of hydrogen-bond acceptors (Lipinski definition) is 4. The topological polar surface area (TPSA) is 77.2 Å². The molecule has 104 valence electrons. The maximum absolute atomic E-state index is 10.9. The molecule has 0 atom stereocenters. The molecular weight excluding hydrogens is 254 g/mol. The van der Waals surface area contributed by atoms with Gasteiger partial charge in [0.25, 0.3) is 0 Å². The number of nitrogens with zero attached hydrogens (tertiary/aromatic N) is 1. The average molecular weight is 271 g/mol. The van der Waals surface area contributed by atoms with Crippen LogP contribution in [0.15, 0.2) is 48.7 Å². The Kier molecular flexibility index (Phi) is 5.08. The SMILES string of the molecule is NC(=O)c1ccc(OCCNCc2ccccc2)nc1. The van der Waals surface area contributed by atoms with Crippen molar-refractivity contribution in [1.82, 2.24) is 10.3 Å². The van der Waals surface area contributed by atoms with E-state index in [9.17, 15) is 4.79 Å². The first-order chi connectivity index (χ1) is 9.75. The molecule has 5 heteroatoms. The standard InChI is InChI=1S/C15H17N3O2/c16-15(19)13-6-7-14(18-11-13)20-9-8-17-10-12-4-2-1-3-5-12/h1-7,11,17H,8-10H2,(H2,16,19). The van der Waals surface area contributed by atoms with Crippen molar-refractivity contribution in [2.24, 2.45) is 5.73 Å². The third-order valence-electron chi connectivity index (χ3n) is 2.72. The van der Waals surface area contributed by atoms with Crippen molar-refractivity contribution in [2.45, 2.75) is 6.54 Å². The zero-order valence-corrected chi connectivity index (χ0v) is 11.1. The number of amides is 1. The van der Waals surface area contributed by atoms with Crippen LogP contribution < -0.4 is 15.8 Å². The van der Waals surface area contributed by atoms with Crippen LogP contribution in [0, 0.1) is 0 Å². The molecule has 0 saturated heterocycles. The Morgan fingerprint density at radius 1 is 1.20 bits per heavy atom. The van der Waals surface area contributed by atoms with E-state index in [1.165, 1.54) is 11.8 Å². The Bertz CT molecular complexity index is 541. The summed E-state index contributed by atoms with van der Waals surface area (Å²) in [4.78, 5) is 14.9. The van der Waals surface area contributed by atoms with Gasteiger partial charge in [-0.1, -0.05) is 30.3 Å². The first-order valence-electron chi connectivity index (χ1n) is 6.39. The third kappa shape index (κ3) is 4.37. The maximum atomic E-state index is 10.9. The van der Waals surface area contributed by atoms with E-state index < -0.39 is 5.91 Å². The van der Waals surface area contributed by atoms with E-state index in [1.807, 2.05) is 18.2 Å². The number of nitrogens with two attached hydrogens (primary N) is 1. The van der Waals surface area contributed by atoms with E-state index in [2.05, 4.69) is 22.4 Å². The van der Waals surface area contributed by atoms with Crippen molar-refractivity contribution in [3.63, 3.8) is 0 Å². The van der Waals surface area contributed by atoms with Gasteiger partial charge in [0.05, 0.1) is 5.56 Å². The summed E-state index contributed by atoms with van der Waals surface area (Å²) in [6.45, 7) is 2.03. The Balaban J connectivity index is 1.67. The molecule has 1 aromatic carbocycles. The molecule has 0 aliphatic rings. The van der Waals surface area contributed by atoms with Gasteiger partial charge in [0.1, 0.15) is 6.61 Å². The quantitative estimate of drug-likeness (QED) is 0.745. The van der Waals surface area contributed by atoms with Gasteiger partial charge in [0.15, 0.2) is 0 Å². The molecule has 0 aliphatic heterocycles. The lowest BCUT2D eigenvalue weighted by atomic mass is 10.2. The van der Waals surface area contributed by atoms with Crippen LogP contribution >= 0.6 is 0 Å². The van der Waals surface area contributed by atoms with Crippen molar-refractivity contribution in [1.29, 1.82) is 0 Å². The monoisotopic (exact) mass is 271 g/mol. The number of ether oxygens (including phenoxy) is 1. The minimum Gasteiger partial charge on any atom is -0.476 e. The molecule has 20 heavy (non-hydrogen) atoms. The van der Waals surface area contributed by atoms with Gasteiger partial charge in [-0.05, 0) is 11.6 Å². The van der Waals surface area contributed by atoms with E-state index in [0.29, 0.717) is 24.6 Å². The number of aromatic nitrogens is 1. The number of hydrogen-bond donors (Lipinski definition) is 2. The van der Waals surface area contributed by atoms with Crippen molar-refractivity contribution in [3.05, 3.63) is 59.8 Å². The highest BCUT2D eigenvalue weighted by atomic mass is 16.5. The Hall–Kier alpha value is -2.40. The van der Waals surface area contributed by atoms with E-state index in [4.69, 9.17) is 10.5 Å². The number of nitrogens with one attached hydrogen (secondary N) is 1. The van der Waals surface area contributed by atoms with Crippen LogP contribution in [0.25, 0.3) is 0 Å². The molecule has 0 fully saturated rings. The Morgan fingerprint density at radius 3 is 2.65 bits per heavy atom. The van der Waals surface area contributed by atoms with Gasteiger partial charge in [-0.3, -0.25) is 4.79 Å². The number of rotatable bonds is 7. The largest absolute Gasteiger partial charge is 0.476 e. The second-order valence-electron chi connectivity index (χ2n) is 4.26. The van der Waals surface area contributed by atoms with Gasteiger partial charge in [0, 0.05) is 25.4 Å². The van der Waals surface area contributed by atoms with Crippen molar-refractivity contribution in [2.75, 3.05) is 13.2 Å². The van der Waals surface area contributed by atoms with Crippen LogP contribution in [0.2, 0.25) is 0 Å². The predicted molar refractivity (Wildman–Crippen MR) is 76.4 cm³/mol. The summed E-state index contributed by atoms with van der Waals surface area (Å²) in [6.07, 6.45) is 1.41. The van der Waals surface area contributed by atoms with Crippen molar-refractivity contribution in [3.8, 4) is 5.88 Å². The minimum absolute atomic E-state index is 0.375. The van der Waals surface area contributed by atoms with Gasteiger partial charge < -0.3 is 15.8 Å². The molecule has 2 aromatic rings. The summed E-state index contributed by atoms with van der Waals surface area (Å²) in [6, 6.07) is 13.4. The molecule has 1 amide bonds. The predicted octanol–water partition coefficient (Wildman–Crippen LogP) is 1.35. The zero-order valence-electron chi connectivity index (χ0n) is 11.1. The smallest absolute Gasteiger partial charge is 0.250 e. The Morgan fingerprint density at radius 2 is 2.00 bits per heavy atom. The normalized spacial score (nSPS) is 10.2. The molecule has 0 saturated carbocycles. The fourth-order valence-electron chi connectivity index (χ4n) is 1.67. The van der Waals surface area contributed by atoms with Crippen LogP contribution in [0.4, 0.5) is 0 Å². The summed E-state index contributed by atoms with van der Waals surface area (Å²) in [5.41, 5.74) is 6.74. The van der Waals surface area contributed by atoms with E-state index in [0.717, 1.165) is 6.54 Å². The summed E-state index contributed by atoms with van der Waals surface area (Å²) >= 11 is 0. The molecular formula is C15H17N3O2. The van der Waals surface area contributed by atoms with E-state index in [1.54, 1.807) is 12.1 Å². The molecule has 0 aliphatic carbocycles. The molecule has 0 radical (unpaired) electrons. The molecule has 0 bridgehead atoms. The minimum atomic E-state index is -0.492. The highest BCUT2D eigenvalue weighted by Crippen LogP contribution is 2.06. The summed E-state index contributed by atoms with van der Waals surface area (Å²) in [5, 5.41) is 3.27. The molecule has 2 rings (SSSR count). The lowest BCUT2D eigenvalue weighted by Crippen LogP contribution is -2.20. The molecule has 0 unspecified atom stereocenters. The van der Waals surface area contributed by atoms with Crippen molar-refractivity contribution < 1.29 is 9.53 Å². The number of primary amides is 1. The van der Waals surface area contributed by atoms with Gasteiger partial charge in [-0.15, -0.1) is 0 Å². The summed E-state index contributed by atoms with van der Waals surface area (Å²) in [5.74, 6) is -0.00918. The van der Waals surface area contributed by atoms with Crippen LogP contribution in [-0.4, -0.2) is 24.0 Å². The second kappa shape index (κ2) is 7.25. The lowest BCUT2D eigenvalue weighted by Gasteiger charge is -2.07. The zero-order chi connectivity index (χ0) is 14.2. The maximum Gasteiger partial charge on any atom is 0.250 e. The number of benzene rings is 1. The molecule has 5 nitrogen and oxygen atoms in total. The van der Waals surface area contributed by atoms with Gasteiger partial charge in [-0.2, -0.15) is 0 Å². The van der Waals surface area contributed by atoms with Crippen molar-refractivity contribution >= 4 is 5.91 Å². The van der Waals surface area contributed by atoms with E-state index in [-0.39, 0.29) is 0 Å². The lowest BCUT2D eigenvalue weighted by molar-refractivity contribution is 0.1000. The van der Waals surface area contributed by atoms with Gasteiger partial charge in [0.2, 0.25) is 11.8 Å². The first-order valence-corrected chi connectivity index (χ1v) is 6.39. The van der Waals surface area contributed by atoms with Crippen LogP contribution in [0.1, 0.15) is 15.9 Å². The van der Waals surface area contributed by atoms with Crippen LogP contribution in [0.5, 0.6) is 5.88 Å². The van der Waals surface area contributed by atoms with Gasteiger partial charge in [-0.25, -0.2) is 4.98 Å². The second-order valence-corrected chi connectivity index (χ2v) is 4.26. The average Bonchev–Trinajstić information content (AvgIpc) is 2.48. The van der Waals surface area contributed by atoms with Crippen LogP contribution in [-0.2, 0) is 6.54 Å². The summed E-state index contributed by atoms with van der Waals surface area (Å²) < 4.78 is 5.45.